The molecule has 0 aromatic heterocycles. The number of nitrogens with zero attached hydrogens (tertiary/aromatic N) is 2. The van der Waals surface area contributed by atoms with Crippen LogP contribution in [0, 0.1) is 0 Å². The minimum Gasteiger partial charge on any atom is -0.506 e. The zero-order valence-electron chi connectivity index (χ0n) is 8.20. The summed E-state index contributed by atoms with van der Waals surface area (Å²) in [4.78, 5) is 10.4. The molecule has 0 radical (unpaired) electrons. The number of hydrogen-bond acceptors (Lipinski definition) is 4. The number of carbonyl (C=O) groups is 1. The highest BCUT2D eigenvalue weighted by molar-refractivity contribution is 6.32. The molecule has 0 heterocycles. The molecular formula is C9H6ClF3N2O2. The molecule has 0 saturated heterocycles. The first-order valence-corrected chi connectivity index (χ1v) is 4.64. The Kier molecular flexibility index (Phi) is 4.06. The van der Waals surface area contributed by atoms with Crippen LogP contribution in [-0.4, -0.2) is 23.6 Å². The lowest BCUT2D eigenvalue weighted by molar-refractivity contribution is -0.169. The van der Waals surface area contributed by atoms with Crippen molar-refractivity contribution >= 4 is 23.1 Å². The van der Waals surface area contributed by atoms with Crippen LogP contribution in [0.2, 0.25) is 5.02 Å². The van der Waals surface area contributed by atoms with Crippen LogP contribution < -0.4 is 0 Å². The zero-order valence-corrected chi connectivity index (χ0v) is 8.96. The van der Waals surface area contributed by atoms with Gasteiger partial charge < -0.3 is 5.11 Å². The van der Waals surface area contributed by atoms with Gasteiger partial charge >= 0.3 is 6.18 Å². The van der Waals surface area contributed by atoms with Gasteiger partial charge in [0.1, 0.15) is 12.3 Å². The summed E-state index contributed by atoms with van der Waals surface area (Å²) in [6.07, 6.45) is -4.92. The molecule has 0 spiro atoms. The minimum absolute atomic E-state index is 0.0790. The van der Waals surface area contributed by atoms with E-state index in [2.05, 4.69) is 10.2 Å². The fraction of sp³-hybridized carbons (Fsp3) is 0.222. The van der Waals surface area contributed by atoms with Crippen molar-refractivity contribution in [2.75, 3.05) is 6.54 Å². The number of carbonyl (C=O) groups excluding carboxylic acids is 1. The van der Waals surface area contributed by atoms with Crippen molar-refractivity contribution in [3.63, 3.8) is 0 Å². The Balaban J connectivity index is 2.66. The maximum Gasteiger partial charge on any atom is 0.452 e. The maximum atomic E-state index is 11.8. The molecule has 0 saturated carbocycles. The number of phenols is 1. The van der Waals surface area contributed by atoms with Gasteiger partial charge in [-0.2, -0.15) is 23.4 Å². The lowest BCUT2D eigenvalue weighted by atomic mass is 10.3. The van der Waals surface area contributed by atoms with E-state index in [0.29, 0.717) is 0 Å². The molecule has 8 heteroatoms. The van der Waals surface area contributed by atoms with E-state index < -0.39 is 18.5 Å². The second kappa shape index (κ2) is 5.13. The summed E-state index contributed by atoms with van der Waals surface area (Å²) in [5, 5.41) is 15.7. The van der Waals surface area contributed by atoms with Gasteiger partial charge in [-0.25, -0.2) is 0 Å². The van der Waals surface area contributed by atoms with Crippen LogP contribution in [0.15, 0.2) is 28.4 Å². The molecule has 0 bridgehead atoms. The van der Waals surface area contributed by atoms with Crippen molar-refractivity contribution in [2.24, 2.45) is 10.2 Å². The highest BCUT2D eigenvalue weighted by Crippen LogP contribution is 2.27. The number of alkyl halides is 3. The molecule has 92 valence electrons. The number of benzene rings is 1. The third-order valence-electron chi connectivity index (χ3n) is 1.65. The standard InChI is InChI=1S/C9H6ClF3N2O2/c10-6-2-1-5(3-7(6)16)15-14-4-8(17)9(11,12)13/h1-3,16H,4H2. The second-order valence-electron chi connectivity index (χ2n) is 2.96. The second-order valence-corrected chi connectivity index (χ2v) is 3.36. The number of azo groups is 1. The number of Topliss-reactive ketones (excluding diaryl/α,β-unsaturated/α-hetero) is 1. The van der Waals surface area contributed by atoms with Crippen LogP contribution in [0.4, 0.5) is 18.9 Å². The molecule has 1 N–H and O–H groups in total. The van der Waals surface area contributed by atoms with E-state index in [-0.39, 0.29) is 16.5 Å². The summed E-state index contributed by atoms with van der Waals surface area (Å²) in [5.74, 6) is -2.26. The number of phenolic OH excluding ortho intramolecular Hbond substituents is 1. The number of hydrogen-bond donors (Lipinski definition) is 1. The Bertz CT molecular complexity index is 460. The maximum absolute atomic E-state index is 11.8. The number of ketones is 1. The third kappa shape index (κ3) is 4.03. The van der Waals surface area contributed by atoms with Gasteiger partial charge in [-0.15, -0.1) is 0 Å². The van der Waals surface area contributed by atoms with E-state index in [1.54, 1.807) is 0 Å². The smallest absolute Gasteiger partial charge is 0.452 e. The Morgan fingerprint density at radius 2 is 2.06 bits per heavy atom. The van der Waals surface area contributed by atoms with Crippen molar-refractivity contribution < 1.29 is 23.1 Å². The molecular weight excluding hydrogens is 261 g/mol. The average molecular weight is 267 g/mol. The van der Waals surface area contributed by atoms with Crippen LogP contribution in [0.3, 0.4) is 0 Å². The molecule has 0 aliphatic rings. The Hall–Kier alpha value is -1.63. The first-order chi connectivity index (χ1) is 7.80. The molecule has 1 rings (SSSR count). The molecule has 0 amide bonds. The van der Waals surface area contributed by atoms with Crippen LogP contribution in [0.5, 0.6) is 5.75 Å². The van der Waals surface area contributed by atoms with E-state index in [1.807, 2.05) is 0 Å². The molecule has 1 aromatic carbocycles. The van der Waals surface area contributed by atoms with E-state index >= 15 is 0 Å². The van der Waals surface area contributed by atoms with Gasteiger partial charge in [-0.1, -0.05) is 11.6 Å². The van der Waals surface area contributed by atoms with Crippen molar-refractivity contribution in [1.82, 2.24) is 0 Å². The SMILES string of the molecule is O=C(CN=Nc1ccc(Cl)c(O)c1)C(F)(F)F. The highest BCUT2D eigenvalue weighted by atomic mass is 35.5. The summed E-state index contributed by atoms with van der Waals surface area (Å²) in [5.41, 5.74) is 0.0990. The first kappa shape index (κ1) is 13.4. The largest absolute Gasteiger partial charge is 0.506 e. The average Bonchev–Trinajstić information content (AvgIpc) is 2.22. The van der Waals surface area contributed by atoms with Gasteiger partial charge in [-0.3, -0.25) is 4.79 Å². The van der Waals surface area contributed by atoms with Crippen molar-refractivity contribution in [3.8, 4) is 5.75 Å². The number of halogens is 4. The molecule has 0 aliphatic heterocycles. The van der Waals surface area contributed by atoms with Crippen LogP contribution in [-0.2, 0) is 4.79 Å². The lowest BCUT2D eigenvalue weighted by Gasteiger charge is -2.00. The van der Waals surface area contributed by atoms with Gasteiger partial charge in [0, 0.05) is 6.07 Å². The Morgan fingerprint density at radius 3 is 2.59 bits per heavy atom. The zero-order chi connectivity index (χ0) is 13.1. The van der Waals surface area contributed by atoms with E-state index in [1.165, 1.54) is 12.1 Å². The first-order valence-electron chi connectivity index (χ1n) is 4.27. The highest BCUT2D eigenvalue weighted by Gasteiger charge is 2.37. The van der Waals surface area contributed by atoms with Gasteiger partial charge in [0.25, 0.3) is 5.78 Å². The summed E-state index contributed by atoms with van der Waals surface area (Å²) in [7, 11) is 0. The van der Waals surface area contributed by atoms with E-state index in [4.69, 9.17) is 16.7 Å². The van der Waals surface area contributed by atoms with Crippen LogP contribution in [0.25, 0.3) is 0 Å². The molecule has 1 aromatic rings. The normalized spacial score (nSPS) is 12.0. The quantitative estimate of drug-likeness (QED) is 0.854. The summed E-state index contributed by atoms with van der Waals surface area (Å²) in [6.45, 7) is -1.09. The van der Waals surface area contributed by atoms with Crippen LogP contribution >= 0.6 is 11.6 Å². The number of aromatic hydroxyl groups is 1. The summed E-state index contributed by atoms with van der Waals surface area (Å²) < 4.78 is 35.3. The topological polar surface area (TPSA) is 62.0 Å². The van der Waals surface area contributed by atoms with Gasteiger partial charge in [-0.05, 0) is 12.1 Å². The van der Waals surface area contributed by atoms with Gasteiger partial charge in [0.15, 0.2) is 0 Å². The van der Waals surface area contributed by atoms with Gasteiger partial charge in [0.05, 0.1) is 10.7 Å². The molecule has 0 fully saturated rings. The molecule has 0 aliphatic carbocycles. The van der Waals surface area contributed by atoms with Crippen LogP contribution in [0.1, 0.15) is 0 Å². The fourth-order valence-electron chi connectivity index (χ4n) is 0.834. The lowest BCUT2D eigenvalue weighted by Crippen LogP contribution is -2.24. The monoisotopic (exact) mass is 266 g/mol. The fourth-order valence-corrected chi connectivity index (χ4v) is 0.952. The summed E-state index contributed by atoms with van der Waals surface area (Å²) in [6, 6.07) is 3.75. The van der Waals surface area contributed by atoms with E-state index in [9.17, 15) is 18.0 Å². The van der Waals surface area contributed by atoms with Crippen molar-refractivity contribution in [2.45, 2.75) is 6.18 Å². The predicted molar refractivity (Wildman–Crippen MR) is 53.6 cm³/mol. The molecule has 0 unspecified atom stereocenters. The Morgan fingerprint density at radius 1 is 1.41 bits per heavy atom. The van der Waals surface area contributed by atoms with Gasteiger partial charge in [0.2, 0.25) is 0 Å². The molecule has 17 heavy (non-hydrogen) atoms. The van der Waals surface area contributed by atoms with Crippen molar-refractivity contribution in [3.05, 3.63) is 23.2 Å². The predicted octanol–water partition coefficient (Wildman–Crippen LogP) is 3.26. The minimum atomic E-state index is -4.92. The van der Waals surface area contributed by atoms with E-state index in [0.717, 1.165) is 6.07 Å². The molecule has 4 nitrogen and oxygen atoms in total. The Labute approximate surface area is 98.7 Å². The summed E-state index contributed by atoms with van der Waals surface area (Å²) >= 11 is 5.50. The number of rotatable bonds is 3. The third-order valence-corrected chi connectivity index (χ3v) is 1.97. The molecule has 0 atom stereocenters. The van der Waals surface area contributed by atoms with Crippen molar-refractivity contribution in [1.29, 1.82) is 0 Å².